The van der Waals surface area contributed by atoms with E-state index in [1.54, 1.807) is 12.1 Å². The molecule has 2 rings (SSSR count). The van der Waals surface area contributed by atoms with Crippen LogP contribution in [0.15, 0.2) is 48.5 Å². The van der Waals surface area contributed by atoms with Crippen LogP contribution in [-0.4, -0.2) is 5.11 Å². The minimum atomic E-state index is -4.44. The molecule has 0 bridgehead atoms. The molecule has 0 amide bonds. The molecule has 2 aromatic rings. The van der Waals surface area contributed by atoms with Gasteiger partial charge in [0.25, 0.3) is 0 Å². The molecule has 0 aliphatic carbocycles. The molecule has 0 unspecified atom stereocenters. The van der Waals surface area contributed by atoms with Crippen molar-refractivity contribution in [3.8, 4) is 0 Å². The largest absolute Gasteiger partial charge is 0.418 e. The molecule has 0 atom stereocenters. The fraction of sp³-hybridized carbons (Fsp3) is 0.133. The summed E-state index contributed by atoms with van der Waals surface area (Å²) in [6.45, 7) is 0.319. The third kappa shape index (κ3) is 4.35. The van der Waals surface area contributed by atoms with Crippen LogP contribution in [-0.2, 0) is 12.7 Å². The summed E-state index contributed by atoms with van der Waals surface area (Å²) in [6, 6.07) is 12.3. The van der Waals surface area contributed by atoms with E-state index in [2.05, 4.69) is 10.6 Å². The van der Waals surface area contributed by atoms with Crippen LogP contribution in [0.3, 0.4) is 0 Å². The van der Waals surface area contributed by atoms with Crippen molar-refractivity contribution in [1.29, 1.82) is 0 Å². The highest BCUT2D eigenvalue weighted by Gasteiger charge is 2.33. The number of halogens is 4. The fourth-order valence-electron chi connectivity index (χ4n) is 1.82. The highest BCUT2D eigenvalue weighted by atomic mass is 35.5. The molecule has 0 spiro atoms. The minimum absolute atomic E-state index is 0.0911. The summed E-state index contributed by atoms with van der Waals surface area (Å²) in [5.41, 5.74) is -0.0547. The molecule has 22 heavy (non-hydrogen) atoms. The number of para-hydroxylation sites is 1. The molecule has 0 aliphatic rings. The van der Waals surface area contributed by atoms with Gasteiger partial charge in [-0.05, 0) is 36.0 Å². The second-order valence-corrected chi connectivity index (χ2v) is 5.26. The fourth-order valence-corrected chi connectivity index (χ4v) is 2.21. The number of hydrogen-bond acceptors (Lipinski definition) is 1. The molecule has 2 nitrogen and oxygen atoms in total. The van der Waals surface area contributed by atoms with E-state index in [4.69, 9.17) is 23.8 Å². The van der Waals surface area contributed by atoms with Gasteiger partial charge in [-0.15, -0.1) is 0 Å². The average molecular weight is 345 g/mol. The number of hydrogen-bond donors (Lipinski definition) is 2. The van der Waals surface area contributed by atoms with Gasteiger partial charge in [0, 0.05) is 11.6 Å². The van der Waals surface area contributed by atoms with Crippen LogP contribution in [0.2, 0.25) is 5.02 Å². The van der Waals surface area contributed by atoms with E-state index in [0.29, 0.717) is 11.6 Å². The quantitative estimate of drug-likeness (QED) is 0.779. The highest BCUT2D eigenvalue weighted by molar-refractivity contribution is 7.80. The molecular weight excluding hydrogens is 333 g/mol. The minimum Gasteiger partial charge on any atom is -0.358 e. The maximum Gasteiger partial charge on any atom is 0.418 e. The lowest BCUT2D eigenvalue weighted by Gasteiger charge is -2.16. The molecule has 0 fully saturated rings. The van der Waals surface area contributed by atoms with E-state index in [1.165, 1.54) is 18.2 Å². The summed E-state index contributed by atoms with van der Waals surface area (Å²) in [6.07, 6.45) is -4.44. The van der Waals surface area contributed by atoms with Crippen molar-refractivity contribution in [3.63, 3.8) is 0 Å². The smallest absolute Gasteiger partial charge is 0.358 e. The number of thiocarbonyl (C=S) groups is 1. The summed E-state index contributed by atoms with van der Waals surface area (Å²) in [5.74, 6) is 0. The Bertz CT molecular complexity index is 674. The van der Waals surface area contributed by atoms with E-state index in [-0.39, 0.29) is 10.8 Å². The van der Waals surface area contributed by atoms with Crippen LogP contribution >= 0.6 is 23.8 Å². The van der Waals surface area contributed by atoms with Crippen molar-refractivity contribution >= 4 is 34.6 Å². The van der Waals surface area contributed by atoms with Gasteiger partial charge in [0.05, 0.1) is 11.3 Å². The molecule has 2 N–H and O–H groups in total. The Morgan fingerprint density at radius 1 is 1.05 bits per heavy atom. The maximum atomic E-state index is 12.9. The van der Waals surface area contributed by atoms with Crippen molar-refractivity contribution in [2.24, 2.45) is 0 Å². The molecule has 0 radical (unpaired) electrons. The van der Waals surface area contributed by atoms with Crippen LogP contribution in [0.1, 0.15) is 11.1 Å². The van der Waals surface area contributed by atoms with Crippen LogP contribution in [0.4, 0.5) is 18.9 Å². The van der Waals surface area contributed by atoms with Gasteiger partial charge in [0.15, 0.2) is 5.11 Å². The zero-order valence-electron chi connectivity index (χ0n) is 11.2. The van der Waals surface area contributed by atoms with Crippen molar-refractivity contribution in [3.05, 3.63) is 64.7 Å². The molecule has 0 saturated carbocycles. The predicted molar refractivity (Wildman–Crippen MR) is 86.0 cm³/mol. The van der Waals surface area contributed by atoms with Gasteiger partial charge in [0.2, 0.25) is 0 Å². The first-order chi connectivity index (χ1) is 10.4. The van der Waals surface area contributed by atoms with Crippen LogP contribution in [0.5, 0.6) is 0 Å². The Balaban J connectivity index is 2.03. The molecule has 7 heteroatoms. The van der Waals surface area contributed by atoms with Crippen molar-refractivity contribution < 1.29 is 13.2 Å². The third-order valence-electron chi connectivity index (χ3n) is 2.88. The second-order valence-electron chi connectivity index (χ2n) is 4.44. The summed E-state index contributed by atoms with van der Waals surface area (Å²) >= 11 is 11.0. The second kappa shape index (κ2) is 6.98. The molecule has 0 aliphatic heterocycles. The van der Waals surface area contributed by atoms with Gasteiger partial charge in [-0.1, -0.05) is 41.9 Å². The van der Waals surface area contributed by atoms with E-state index >= 15 is 0 Å². The molecule has 0 aromatic heterocycles. The van der Waals surface area contributed by atoms with Crippen molar-refractivity contribution in [1.82, 2.24) is 5.32 Å². The van der Waals surface area contributed by atoms with E-state index in [1.807, 2.05) is 12.1 Å². The standard InChI is InChI=1S/C15H12ClF3N2S/c16-12-7-3-1-5-10(12)9-20-14(22)21-13-8-4-2-6-11(13)15(17,18)19/h1-8H,9H2,(H2,20,21,22). The van der Waals surface area contributed by atoms with E-state index < -0.39 is 11.7 Å². The van der Waals surface area contributed by atoms with Crippen molar-refractivity contribution in [2.45, 2.75) is 12.7 Å². The molecule has 0 saturated heterocycles. The first-order valence-corrected chi connectivity index (χ1v) is 7.11. The van der Waals surface area contributed by atoms with Gasteiger partial charge in [0.1, 0.15) is 0 Å². The lowest BCUT2D eigenvalue weighted by molar-refractivity contribution is -0.136. The average Bonchev–Trinajstić information content (AvgIpc) is 2.46. The SMILES string of the molecule is FC(F)(F)c1ccccc1NC(=S)NCc1ccccc1Cl. The number of rotatable bonds is 3. The Morgan fingerprint density at radius 2 is 1.68 bits per heavy atom. The first kappa shape index (κ1) is 16.6. The normalized spacial score (nSPS) is 11.1. The zero-order valence-corrected chi connectivity index (χ0v) is 12.8. The monoisotopic (exact) mass is 344 g/mol. The molecule has 0 heterocycles. The maximum absolute atomic E-state index is 12.9. The van der Waals surface area contributed by atoms with E-state index in [9.17, 15) is 13.2 Å². The Labute approximate surface area is 136 Å². The number of nitrogens with one attached hydrogen (secondary N) is 2. The summed E-state index contributed by atoms with van der Waals surface area (Å²) in [5, 5.41) is 6.06. The van der Waals surface area contributed by atoms with Crippen LogP contribution in [0, 0.1) is 0 Å². The molecular formula is C15H12ClF3N2S. The van der Waals surface area contributed by atoms with Gasteiger partial charge in [-0.2, -0.15) is 13.2 Å². The number of alkyl halides is 3. The van der Waals surface area contributed by atoms with Gasteiger partial charge < -0.3 is 10.6 Å². The highest BCUT2D eigenvalue weighted by Crippen LogP contribution is 2.34. The Morgan fingerprint density at radius 3 is 2.36 bits per heavy atom. The third-order valence-corrected chi connectivity index (χ3v) is 3.49. The summed E-state index contributed by atoms with van der Waals surface area (Å²) < 4.78 is 38.6. The van der Waals surface area contributed by atoms with E-state index in [0.717, 1.165) is 11.6 Å². The lowest BCUT2D eigenvalue weighted by atomic mass is 10.1. The Kier molecular flexibility index (Phi) is 5.26. The van der Waals surface area contributed by atoms with Gasteiger partial charge >= 0.3 is 6.18 Å². The van der Waals surface area contributed by atoms with Crippen molar-refractivity contribution in [2.75, 3.05) is 5.32 Å². The number of benzene rings is 2. The zero-order chi connectivity index (χ0) is 16.2. The van der Waals surface area contributed by atoms with Crippen LogP contribution in [0.25, 0.3) is 0 Å². The predicted octanol–water partition coefficient (Wildman–Crippen LogP) is 4.85. The van der Waals surface area contributed by atoms with Crippen LogP contribution < -0.4 is 10.6 Å². The number of anilines is 1. The summed E-state index contributed by atoms with van der Waals surface area (Å²) in [7, 11) is 0. The Hall–Kier alpha value is -1.79. The summed E-state index contributed by atoms with van der Waals surface area (Å²) in [4.78, 5) is 0. The van der Waals surface area contributed by atoms with Gasteiger partial charge in [-0.3, -0.25) is 0 Å². The molecule has 2 aromatic carbocycles. The van der Waals surface area contributed by atoms with Gasteiger partial charge in [-0.25, -0.2) is 0 Å². The first-order valence-electron chi connectivity index (χ1n) is 6.32. The molecule has 116 valence electrons. The lowest BCUT2D eigenvalue weighted by Crippen LogP contribution is -2.29. The topological polar surface area (TPSA) is 24.1 Å².